The summed E-state index contributed by atoms with van der Waals surface area (Å²) in [6.45, 7) is 3.45. The Kier molecular flexibility index (Phi) is 4.67. The van der Waals surface area contributed by atoms with Gasteiger partial charge < -0.3 is 4.57 Å². The summed E-state index contributed by atoms with van der Waals surface area (Å²) < 4.78 is 2.14. The lowest BCUT2D eigenvalue weighted by molar-refractivity contribution is 0.159. The lowest BCUT2D eigenvalue weighted by Crippen LogP contribution is -2.41. The molecule has 1 aromatic rings. The molecule has 0 bridgehead atoms. The molecule has 16 heavy (non-hydrogen) atoms. The average Bonchev–Trinajstić information content (AvgIpc) is 2.83. The first-order valence-corrected chi connectivity index (χ1v) is 6.69. The SMILES string of the molecule is ClCC1CCCCN1CCCn1ccnc1. The third kappa shape index (κ3) is 3.22. The molecule has 0 radical (unpaired) electrons. The zero-order valence-corrected chi connectivity index (χ0v) is 10.4. The number of nitrogens with zero attached hydrogens (tertiary/aromatic N) is 3. The van der Waals surface area contributed by atoms with Crippen LogP contribution in [0, 0.1) is 0 Å². The van der Waals surface area contributed by atoms with Gasteiger partial charge in [0.05, 0.1) is 6.33 Å². The van der Waals surface area contributed by atoms with Crippen LogP contribution in [0.1, 0.15) is 25.7 Å². The van der Waals surface area contributed by atoms with Crippen molar-refractivity contribution in [2.45, 2.75) is 38.3 Å². The van der Waals surface area contributed by atoms with E-state index >= 15 is 0 Å². The molecule has 2 heterocycles. The molecule has 90 valence electrons. The second kappa shape index (κ2) is 6.26. The van der Waals surface area contributed by atoms with Crippen LogP contribution in [0.3, 0.4) is 0 Å². The molecule has 0 amide bonds. The topological polar surface area (TPSA) is 21.1 Å². The Balaban J connectivity index is 1.71. The molecule has 4 heteroatoms. The van der Waals surface area contributed by atoms with Crippen molar-refractivity contribution in [1.29, 1.82) is 0 Å². The smallest absolute Gasteiger partial charge is 0.0945 e. The van der Waals surface area contributed by atoms with E-state index < -0.39 is 0 Å². The van der Waals surface area contributed by atoms with E-state index in [9.17, 15) is 0 Å². The number of alkyl halides is 1. The third-order valence-electron chi connectivity index (χ3n) is 3.35. The van der Waals surface area contributed by atoms with Gasteiger partial charge in [0, 0.05) is 37.4 Å². The number of aryl methyl sites for hydroxylation is 1. The van der Waals surface area contributed by atoms with Crippen LogP contribution in [0.2, 0.25) is 0 Å². The Morgan fingerprint density at radius 3 is 3.00 bits per heavy atom. The van der Waals surface area contributed by atoms with Crippen LogP contribution < -0.4 is 0 Å². The first-order valence-electron chi connectivity index (χ1n) is 6.16. The van der Waals surface area contributed by atoms with Gasteiger partial charge in [-0.1, -0.05) is 6.42 Å². The Labute approximate surface area is 102 Å². The maximum atomic E-state index is 6.00. The van der Waals surface area contributed by atoms with Crippen molar-refractivity contribution < 1.29 is 0 Å². The van der Waals surface area contributed by atoms with Crippen LogP contribution in [-0.4, -0.2) is 39.5 Å². The van der Waals surface area contributed by atoms with Gasteiger partial charge in [-0.2, -0.15) is 0 Å². The molecule has 0 aromatic carbocycles. The molecule has 1 aliphatic rings. The van der Waals surface area contributed by atoms with Crippen LogP contribution >= 0.6 is 11.6 Å². The van der Waals surface area contributed by atoms with Crippen LogP contribution in [-0.2, 0) is 6.54 Å². The quantitative estimate of drug-likeness (QED) is 0.738. The number of aromatic nitrogens is 2. The molecule has 1 unspecified atom stereocenters. The van der Waals surface area contributed by atoms with E-state index in [1.807, 2.05) is 18.7 Å². The normalized spacial score (nSPS) is 22.4. The van der Waals surface area contributed by atoms with E-state index in [1.165, 1.54) is 32.2 Å². The van der Waals surface area contributed by atoms with Gasteiger partial charge in [-0.3, -0.25) is 4.90 Å². The van der Waals surface area contributed by atoms with Gasteiger partial charge >= 0.3 is 0 Å². The van der Waals surface area contributed by atoms with E-state index in [-0.39, 0.29) is 0 Å². The first-order chi connectivity index (χ1) is 7.90. The Morgan fingerprint density at radius 1 is 1.31 bits per heavy atom. The lowest BCUT2D eigenvalue weighted by Gasteiger charge is -2.34. The number of likely N-dealkylation sites (tertiary alicyclic amines) is 1. The largest absolute Gasteiger partial charge is 0.337 e. The van der Waals surface area contributed by atoms with Crippen LogP contribution in [0.5, 0.6) is 0 Å². The van der Waals surface area contributed by atoms with Gasteiger partial charge in [-0.15, -0.1) is 11.6 Å². The van der Waals surface area contributed by atoms with E-state index in [0.717, 1.165) is 19.0 Å². The predicted octanol–water partition coefficient (Wildman–Crippen LogP) is 2.37. The fourth-order valence-electron chi connectivity index (χ4n) is 2.40. The van der Waals surface area contributed by atoms with Crippen molar-refractivity contribution in [3.63, 3.8) is 0 Å². The summed E-state index contributed by atoms with van der Waals surface area (Å²) in [5.41, 5.74) is 0. The number of piperidine rings is 1. The summed E-state index contributed by atoms with van der Waals surface area (Å²) in [4.78, 5) is 6.60. The molecule has 1 aliphatic heterocycles. The molecule has 2 rings (SSSR count). The Bertz CT molecular complexity index is 286. The highest BCUT2D eigenvalue weighted by molar-refractivity contribution is 6.18. The van der Waals surface area contributed by atoms with Crippen molar-refractivity contribution in [3.05, 3.63) is 18.7 Å². The zero-order chi connectivity index (χ0) is 11.2. The first kappa shape index (κ1) is 11.9. The molecule has 0 aliphatic carbocycles. The van der Waals surface area contributed by atoms with E-state index in [1.54, 1.807) is 0 Å². The van der Waals surface area contributed by atoms with E-state index in [2.05, 4.69) is 14.5 Å². The number of rotatable bonds is 5. The van der Waals surface area contributed by atoms with Crippen LogP contribution in [0.4, 0.5) is 0 Å². The molecule has 1 atom stereocenters. The number of hydrogen-bond acceptors (Lipinski definition) is 2. The molecule has 1 saturated heterocycles. The van der Waals surface area contributed by atoms with Crippen molar-refractivity contribution in [2.24, 2.45) is 0 Å². The predicted molar refractivity (Wildman–Crippen MR) is 66.8 cm³/mol. The van der Waals surface area contributed by atoms with Crippen molar-refractivity contribution in [3.8, 4) is 0 Å². The highest BCUT2D eigenvalue weighted by atomic mass is 35.5. The van der Waals surface area contributed by atoms with Gasteiger partial charge in [0.2, 0.25) is 0 Å². The van der Waals surface area contributed by atoms with Gasteiger partial charge in [0.1, 0.15) is 0 Å². The summed E-state index contributed by atoms with van der Waals surface area (Å²) in [7, 11) is 0. The molecular formula is C12H20ClN3. The number of imidazole rings is 1. The molecule has 0 N–H and O–H groups in total. The maximum absolute atomic E-state index is 6.00. The summed E-state index contributed by atoms with van der Waals surface area (Å²) in [6, 6.07) is 0.609. The van der Waals surface area contributed by atoms with Gasteiger partial charge in [-0.05, 0) is 25.8 Å². The lowest BCUT2D eigenvalue weighted by atomic mass is 10.0. The molecule has 0 spiro atoms. The molecular weight excluding hydrogens is 222 g/mol. The monoisotopic (exact) mass is 241 g/mol. The molecule has 1 aromatic heterocycles. The van der Waals surface area contributed by atoms with Crippen LogP contribution in [0.25, 0.3) is 0 Å². The standard InChI is InChI=1S/C12H20ClN3/c13-10-12-4-1-2-7-16(12)8-3-6-15-9-5-14-11-15/h5,9,11-12H,1-4,6-8,10H2. The molecule has 0 saturated carbocycles. The van der Waals surface area contributed by atoms with Gasteiger partial charge in [0.15, 0.2) is 0 Å². The minimum absolute atomic E-state index is 0.609. The Hall–Kier alpha value is -0.540. The summed E-state index contributed by atoms with van der Waals surface area (Å²) in [5, 5.41) is 0. The summed E-state index contributed by atoms with van der Waals surface area (Å²) in [5.74, 6) is 0.783. The van der Waals surface area contributed by atoms with E-state index in [0.29, 0.717) is 6.04 Å². The third-order valence-corrected chi connectivity index (χ3v) is 3.70. The number of halogens is 1. The van der Waals surface area contributed by atoms with Gasteiger partial charge in [0.25, 0.3) is 0 Å². The maximum Gasteiger partial charge on any atom is 0.0945 e. The van der Waals surface area contributed by atoms with Crippen molar-refractivity contribution in [2.75, 3.05) is 19.0 Å². The van der Waals surface area contributed by atoms with E-state index in [4.69, 9.17) is 11.6 Å². The zero-order valence-electron chi connectivity index (χ0n) is 9.69. The highest BCUT2D eigenvalue weighted by Crippen LogP contribution is 2.18. The summed E-state index contributed by atoms with van der Waals surface area (Å²) >= 11 is 6.00. The summed E-state index contributed by atoms with van der Waals surface area (Å²) in [6.07, 6.45) is 10.9. The Morgan fingerprint density at radius 2 is 2.25 bits per heavy atom. The fraction of sp³-hybridized carbons (Fsp3) is 0.750. The second-order valence-electron chi connectivity index (χ2n) is 4.49. The fourth-order valence-corrected chi connectivity index (χ4v) is 2.75. The number of hydrogen-bond donors (Lipinski definition) is 0. The van der Waals surface area contributed by atoms with Crippen molar-refractivity contribution in [1.82, 2.24) is 14.5 Å². The minimum Gasteiger partial charge on any atom is -0.337 e. The second-order valence-corrected chi connectivity index (χ2v) is 4.80. The van der Waals surface area contributed by atoms with Crippen LogP contribution in [0.15, 0.2) is 18.7 Å². The minimum atomic E-state index is 0.609. The molecule has 1 fully saturated rings. The highest BCUT2D eigenvalue weighted by Gasteiger charge is 2.20. The van der Waals surface area contributed by atoms with Crippen molar-refractivity contribution >= 4 is 11.6 Å². The molecule has 3 nitrogen and oxygen atoms in total. The van der Waals surface area contributed by atoms with Gasteiger partial charge in [-0.25, -0.2) is 4.98 Å². The average molecular weight is 242 g/mol.